The van der Waals surface area contributed by atoms with E-state index in [2.05, 4.69) is 31.5 Å². The molecule has 6 aromatic rings. The van der Waals surface area contributed by atoms with Gasteiger partial charge in [-0.3, -0.25) is 0 Å². The van der Waals surface area contributed by atoms with Crippen LogP contribution in [0.1, 0.15) is 11.1 Å². The van der Waals surface area contributed by atoms with Gasteiger partial charge in [0.2, 0.25) is 0 Å². The van der Waals surface area contributed by atoms with Crippen LogP contribution in [0.25, 0.3) is 22.1 Å². The lowest BCUT2D eigenvalue weighted by molar-refractivity contribution is 0.259. The molecule has 0 bridgehead atoms. The molecule has 0 saturated carbocycles. The summed E-state index contributed by atoms with van der Waals surface area (Å²) in [6, 6.07) is 29.7. The highest BCUT2D eigenvalue weighted by Gasteiger charge is 2.08. The van der Waals surface area contributed by atoms with Crippen molar-refractivity contribution in [1.82, 2.24) is 19.3 Å². The van der Waals surface area contributed by atoms with E-state index in [0.29, 0.717) is 17.8 Å². The number of carbonyl (C=O) groups excluding carboxylic acids is 2. The number of imidazole rings is 2. The third-order valence-electron chi connectivity index (χ3n) is 6.18. The van der Waals surface area contributed by atoms with Crippen molar-refractivity contribution in [3.05, 3.63) is 121 Å². The average Bonchev–Trinajstić information content (AvgIpc) is 3.55. The third kappa shape index (κ3) is 5.39. The fraction of sp³-hybridized carbons (Fsp3) is 0.0345. The monoisotopic (exact) mass is 516 g/mol. The minimum Gasteiger partial charge on any atom is -0.307 e. The third-order valence-corrected chi connectivity index (χ3v) is 6.18. The maximum atomic E-state index is 12.4. The van der Waals surface area contributed by atoms with Crippen LogP contribution in [0.15, 0.2) is 110 Å². The summed E-state index contributed by atoms with van der Waals surface area (Å²) in [4.78, 5) is 33.4. The van der Waals surface area contributed by atoms with Crippen molar-refractivity contribution >= 4 is 45.5 Å². The van der Waals surface area contributed by atoms with Crippen LogP contribution in [0.4, 0.5) is 21.0 Å². The molecule has 0 radical (unpaired) electrons. The molecule has 0 aliphatic rings. The Hall–Kier alpha value is -5.64. The summed E-state index contributed by atoms with van der Waals surface area (Å²) in [7, 11) is 0. The summed E-state index contributed by atoms with van der Waals surface area (Å²) < 4.78 is 3.17. The molecule has 0 fully saturated rings. The molecule has 4 amide bonds. The van der Waals surface area contributed by atoms with Gasteiger partial charge in [0.25, 0.3) is 0 Å². The van der Waals surface area contributed by atoms with Crippen LogP contribution < -0.4 is 21.5 Å². The summed E-state index contributed by atoms with van der Waals surface area (Å²) in [5.41, 5.74) is 12.3. The maximum absolute atomic E-state index is 12.4. The van der Waals surface area contributed by atoms with E-state index in [1.807, 2.05) is 97.1 Å². The average molecular weight is 517 g/mol. The van der Waals surface area contributed by atoms with E-state index in [4.69, 9.17) is 0 Å². The number of urea groups is 2. The number of nitrogens with one attached hydrogen (secondary N) is 4. The Balaban J connectivity index is 1.01. The molecule has 2 aromatic heterocycles. The number of nitrogens with zero attached hydrogens (tertiary/aromatic N) is 4. The van der Waals surface area contributed by atoms with Gasteiger partial charge in [0.1, 0.15) is 12.7 Å². The summed E-state index contributed by atoms with van der Waals surface area (Å²) in [6.07, 6.45) is 3.85. The van der Waals surface area contributed by atoms with Crippen molar-refractivity contribution in [1.29, 1.82) is 0 Å². The van der Waals surface area contributed by atoms with Gasteiger partial charge in [-0.15, -0.1) is 0 Å². The molecule has 0 aliphatic carbocycles. The first kappa shape index (κ1) is 23.7. The Morgan fingerprint density at radius 1 is 0.564 bits per heavy atom. The number of carbonyl (C=O) groups is 2. The van der Waals surface area contributed by atoms with Gasteiger partial charge in [-0.1, -0.05) is 48.5 Å². The minimum atomic E-state index is -0.362. The van der Waals surface area contributed by atoms with Gasteiger partial charge in [0.15, 0.2) is 0 Å². The summed E-state index contributed by atoms with van der Waals surface area (Å²) in [5.74, 6) is 0. The second-order valence-electron chi connectivity index (χ2n) is 8.91. The van der Waals surface area contributed by atoms with Crippen molar-refractivity contribution in [2.45, 2.75) is 6.42 Å². The van der Waals surface area contributed by atoms with Crippen molar-refractivity contribution in [3.63, 3.8) is 0 Å². The Bertz CT molecular complexity index is 1640. The number of para-hydroxylation sites is 4. The zero-order valence-electron chi connectivity index (χ0n) is 20.7. The fourth-order valence-corrected chi connectivity index (χ4v) is 4.28. The topological polar surface area (TPSA) is 118 Å². The largest absolute Gasteiger partial charge is 0.338 e. The molecule has 10 nitrogen and oxygen atoms in total. The molecular weight excluding hydrogens is 492 g/mol. The van der Waals surface area contributed by atoms with Crippen LogP contribution in [0, 0.1) is 0 Å². The Morgan fingerprint density at radius 2 is 0.974 bits per heavy atom. The summed E-state index contributed by atoms with van der Waals surface area (Å²) >= 11 is 0. The Kier molecular flexibility index (Phi) is 6.32. The number of hydrogen-bond acceptors (Lipinski definition) is 4. The molecule has 0 unspecified atom stereocenters. The first-order chi connectivity index (χ1) is 19.1. The molecule has 4 aromatic carbocycles. The van der Waals surface area contributed by atoms with Crippen LogP contribution in [0.5, 0.6) is 0 Å². The molecule has 39 heavy (non-hydrogen) atoms. The lowest BCUT2D eigenvalue weighted by Gasteiger charge is -2.10. The smallest absolute Gasteiger partial charge is 0.307 e. The maximum Gasteiger partial charge on any atom is 0.338 e. The van der Waals surface area contributed by atoms with E-state index in [-0.39, 0.29) is 12.1 Å². The van der Waals surface area contributed by atoms with Gasteiger partial charge in [0.05, 0.1) is 22.1 Å². The van der Waals surface area contributed by atoms with Crippen molar-refractivity contribution < 1.29 is 9.59 Å². The van der Waals surface area contributed by atoms with E-state index in [1.54, 1.807) is 22.0 Å². The first-order valence-electron chi connectivity index (χ1n) is 12.3. The highest BCUT2D eigenvalue weighted by molar-refractivity contribution is 5.96. The molecule has 0 aliphatic heterocycles. The van der Waals surface area contributed by atoms with Gasteiger partial charge in [-0.25, -0.2) is 39.8 Å². The van der Waals surface area contributed by atoms with Gasteiger partial charge in [-0.2, -0.15) is 0 Å². The highest BCUT2D eigenvalue weighted by atomic mass is 16.2. The molecular formula is C29H24N8O2. The van der Waals surface area contributed by atoms with Gasteiger partial charge >= 0.3 is 12.1 Å². The van der Waals surface area contributed by atoms with Gasteiger partial charge in [0, 0.05) is 11.4 Å². The predicted octanol–water partition coefficient (Wildman–Crippen LogP) is 5.53. The zero-order chi connectivity index (χ0) is 26.6. The summed E-state index contributed by atoms with van der Waals surface area (Å²) in [5, 5.41) is 5.67. The number of hydrogen-bond donors (Lipinski definition) is 4. The first-order valence-corrected chi connectivity index (χ1v) is 12.3. The van der Waals surface area contributed by atoms with Crippen LogP contribution in [-0.2, 0) is 6.42 Å². The van der Waals surface area contributed by atoms with Crippen LogP contribution >= 0.6 is 0 Å². The van der Waals surface area contributed by atoms with E-state index in [1.165, 1.54) is 0 Å². The van der Waals surface area contributed by atoms with Crippen molar-refractivity contribution in [2.75, 3.05) is 21.5 Å². The SMILES string of the molecule is O=C(Nc1ccc(Cc2ccc(NC(=O)Nn3cnc4ccccc43)cc2)cc1)Nn1cnc2ccccc21. The quantitative estimate of drug-likeness (QED) is 0.233. The van der Waals surface area contributed by atoms with Crippen molar-refractivity contribution in [3.8, 4) is 0 Å². The number of amides is 4. The summed E-state index contributed by atoms with van der Waals surface area (Å²) in [6.45, 7) is 0. The molecule has 0 atom stereocenters. The van der Waals surface area contributed by atoms with E-state index in [0.717, 1.165) is 33.2 Å². The van der Waals surface area contributed by atoms with Crippen LogP contribution in [0.2, 0.25) is 0 Å². The Labute approximate surface area is 223 Å². The van der Waals surface area contributed by atoms with Crippen molar-refractivity contribution in [2.24, 2.45) is 0 Å². The lowest BCUT2D eigenvalue weighted by atomic mass is 10.0. The number of fused-ring (bicyclic) bond motifs is 2. The molecule has 192 valence electrons. The standard InChI is InChI=1S/C29H24N8O2/c38-28(34-36-18-30-24-5-1-3-7-26(24)36)32-22-13-9-20(10-14-22)17-21-11-15-23(16-12-21)33-29(39)35-37-19-31-25-6-2-4-8-27(25)37/h1-16,18-19H,17H2,(H2,32,34,38)(H2,33,35,39). The minimum absolute atomic E-state index is 0.362. The van der Waals surface area contributed by atoms with Crippen LogP contribution in [0.3, 0.4) is 0 Å². The second-order valence-corrected chi connectivity index (χ2v) is 8.91. The number of anilines is 2. The molecule has 6 rings (SSSR count). The Morgan fingerprint density at radius 3 is 1.41 bits per heavy atom. The molecule has 4 N–H and O–H groups in total. The van der Waals surface area contributed by atoms with Gasteiger partial charge in [-0.05, 0) is 66.1 Å². The van der Waals surface area contributed by atoms with E-state index in [9.17, 15) is 9.59 Å². The number of benzene rings is 4. The van der Waals surface area contributed by atoms with E-state index < -0.39 is 0 Å². The normalized spacial score (nSPS) is 10.9. The lowest BCUT2D eigenvalue weighted by Crippen LogP contribution is -2.27. The second kappa shape index (κ2) is 10.4. The van der Waals surface area contributed by atoms with Crippen LogP contribution in [-0.4, -0.2) is 31.4 Å². The molecule has 10 heteroatoms. The van der Waals surface area contributed by atoms with E-state index >= 15 is 0 Å². The molecule has 0 saturated heterocycles. The highest BCUT2D eigenvalue weighted by Crippen LogP contribution is 2.17. The predicted molar refractivity (Wildman–Crippen MR) is 152 cm³/mol. The number of rotatable bonds is 6. The molecule has 0 spiro atoms. The number of aromatic nitrogens is 4. The molecule has 2 heterocycles. The fourth-order valence-electron chi connectivity index (χ4n) is 4.28. The zero-order valence-corrected chi connectivity index (χ0v) is 20.7. The van der Waals surface area contributed by atoms with Gasteiger partial charge < -0.3 is 10.6 Å².